The molecule has 0 radical (unpaired) electrons. The Kier molecular flexibility index (Phi) is 5.64. The van der Waals surface area contributed by atoms with Gasteiger partial charge in [0.05, 0.1) is 0 Å². The first-order valence-corrected chi connectivity index (χ1v) is 7.92. The second-order valence-corrected chi connectivity index (χ2v) is 6.13. The van der Waals surface area contributed by atoms with Gasteiger partial charge in [0.15, 0.2) is 0 Å². The molecular weight excluding hydrogens is 238 g/mol. The van der Waals surface area contributed by atoms with E-state index in [1.54, 1.807) is 7.05 Å². The molecular formula is C15H29N3O. The van der Waals surface area contributed by atoms with Gasteiger partial charge in [-0.2, -0.15) is 0 Å². The summed E-state index contributed by atoms with van der Waals surface area (Å²) in [4.78, 5) is 14.3. The van der Waals surface area contributed by atoms with Gasteiger partial charge in [-0.1, -0.05) is 19.3 Å². The molecule has 4 nitrogen and oxygen atoms in total. The molecule has 2 aliphatic rings. The number of nitrogens with zero attached hydrogens (tertiary/aromatic N) is 1. The number of carbonyl (C=O) groups is 1. The molecule has 2 rings (SSSR count). The number of hydrogen-bond acceptors (Lipinski definition) is 3. The van der Waals surface area contributed by atoms with E-state index >= 15 is 0 Å². The number of rotatable bonds is 3. The molecule has 2 unspecified atom stereocenters. The van der Waals surface area contributed by atoms with Gasteiger partial charge < -0.3 is 16.0 Å². The van der Waals surface area contributed by atoms with Gasteiger partial charge in [-0.3, -0.25) is 4.79 Å². The third kappa shape index (κ3) is 3.69. The molecule has 0 spiro atoms. The molecule has 4 heteroatoms. The van der Waals surface area contributed by atoms with E-state index in [0.29, 0.717) is 12.0 Å². The van der Waals surface area contributed by atoms with E-state index in [4.69, 9.17) is 5.73 Å². The van der Waals surface area contributed by atoms with Crippen LogP contribution < -0.4 is 11.1 Å². The minimum Gasteiger partial charge on any atom is -0.359 e. The maximum Gasteiger partial charge on any atom is 0.222 e. The number of nitrogens with one attached hydrogen (secondary N) is 1. The minimum atomic E-state index is 0.218. The highest BCUT2D eigenvalue weighted by molar-refractivity contribution is 5.78. The van der Waals surface area contributed by atoms with E-state index in [-0.39, 0.29) is 11.8 Å². The van der Waals surface area contributed by atoms with E-state index in [2.05, 4.69) is 10.2 Å². The lowest BCUT2D eigenvalue weighted by Crippen LogP contribution is -2.48. The van der Waals surface area contributed by atoms with Crippen LogP contribution in [-0.4, -0.2) is 43.5 Å². The number of piperidine rings is 1. The van der Waals surface area contributed by atoms with Crippen LogP contribution in [0.25, 0.3) is 0 Å². The van der Waals surface area contributed by atoms with Crippen LogP contribution in [0.1, 0.15) is 44.9 Å². The van der Waals surface area contributed by atoms with Crippen LogP contribution in [0.5, 0.6) is 0 Å². The number of amides is 1. The molecule has 0 bridgehead atoms. The van der Waals surface area contributed by atoms with Crippen LogP contribution in [0.3, 0.4) is 0 Å². The Bertz CT molecular complexity index is 287. The molecule has 1 aliphatic heterocycles. The van der Waals surface area contributed by atoms with Crippen molar-refractivity contribution in [3.63, 3.8) is 0 Å². The summed E-state index contributed by atoms with van der Waals surface area (Å²) in [5.74, 6) is 1.11. The van der Waals surface area contributed by atoms with Crippen molar-refractivity contribution >= 4 is 5.91 Å². The lowest BCUT2D eigenvalue weighted by Gasteiger charge is -2.40. The van der Waals surface area contributed by atoms with Gasteiger partial charge in [0.1, 0.15) is 0 Å². The Hall–Kier alpha value is -0.610. The molecule has 1 saturated carbocycles. The van der Waals surface area contributed by atoms with Crippen molar-refractivity contribution in [3.05, 3.63) is 0 Å². The normalized spacial score (nSPS) is 30.8. The van der Waals surface area contributed by atoms with Crippen molar-refractivity contribution < 1.29 is 4.79 Å². The molecule has 3 N–H and O–H groups in total. The zero-order chi connectivity index (χ0) is 13.7. The smallest absolute Gasteiger partial charge is 0.222 e. The average molecular weight is 267 g/mol. The Morgan fingerprint density at radius 2 is 1.84 bits per heavy atom. The Labute approximate surface area is 117 Å². The molecule has 110 valence electrons. The van der Waals surface area contributed by atoms with Gasteiger partial charge >= 0.3 is 0 Å². The van der Waals surface area contributed by atoms with E-state index < -0.39 is 0 Å². The molecule has 19 heavy (non-hydrogen) atoms. The van der Waals surface area contributed by atoms with Crippen molar-refractivity contribution in [2.24, 2.45) is 17.6 Å². The maximum atomic E-state index is 11.7. The summed E-state index contributed by atoms with van der Waals surface area (Å²) >= 11 is 0. The summed E-state index contributed by atoms with van der Waals surface area (Å²) in [6.45, 7) is 2.96. The summed E-state index contributed by atoms with van der Waals surface area (Å²) in [5.41, 5.74) is 5.98. The maximum absolute atomic E-state index is 11.7. The molecule has 1 amide bonds. The molecule has 1 aliphatic carbocycles. The van der Waals surface area contributed by atoms with Gasteiger partial charge in [-0.25, -0.2) is 0 Å². The summed E-state index contributed by atoms with van der Waals surface area (Å²) in [7, 11) is 1.74. The third-order valence-corrected chi connectivity index (χ3v) is 5.04. The Morgan fingerprint density at radius 1 is 1.16 bits per heavy atom. The predicted octanol–water partition coefficient (Wildman–Crippen LogP) is 1.35. The topological polar surface area (TPSA) is 58.4 Å². The summed E-state index contributed by atoms with van der Waals surface area (Å²) in [6.07, 6.45) is 8.65. The van der Waals surface area contributed by atoms with E-state index in [1.807, 2.05) is 0 Å². The summed E-state index contributed by atoms with van der Waals surface area (Å²) in [6, 6.07) is 0.665. The molecule has 2 atom stereocenters. The van der Waals surface area contributed by atoms with Crippen LogP contribution in [0.4, 0.5) is 0 Å². The van der Waals surface area contributed by atoms with Gasteiger partial charge in [0, 0.05) is 19.0 Å². The fourth-order valence-electron chi connectivity index (χ4n) is 3.82. The fourth-order valence-corrected chi connectivity index (χ4v) is 3.82. The van der Waals surface area contributed by atoms with Crippen LogP contribution in [0, 0.1) is 11.8 Å². The SMILES string of the molecule is CNC(=O)C1CCN(C2CCCCCC2CN)CC1. The Balaban J connectivity index is 1.89. The fraction of sp³-hybridized carbons (Fsp3) is 0.933. The third-order valence-electron chi connectivity index (χ3n) is 5.04. The van der Waals surface area contributed by atoms with E-state index in [9.17, 15) is 4.79 Å². The standard InChI is InChI=1S/C15H29N3O/c1-17-15(19)12-7-9-18(10-8-12)14-6-4-2-3-5-13(14)11-16/h12-14H,2-11,16H2,1H3,(H,17,19). The quantitative estimate of drug-likeness (QED) is 0.759. The van der Waals surface area contributed by atoms with Crippen LogP contribution in [0.2, 0.25) is 0 Å². The molecule has 2 fully saturated rings. The van der Waals surface area contributed by atoms with Gasteiger partial charge in [-0.05, 0) is 51.2 Å². The second-order valence-electron chi connectivity index (χ2n) is 6.13. The van der Waals surface area contributed by atoms with Crippen molar-refractivity contribution in [2.45, 2.75) is 51.0 Å². The molecule has 0 aromatic heterocycles. The summed E-state index contributed by atoms with van der Waals surface area (Å²) < 4.78 is 0. The molecule has 0 aromatic rings. The average Bonchev–Trinajstić information content (AvgIpc) is 2.71. The van der Waals surface area contributed by atoms with Crippen LogP contribution in [0.15, 0.2) is 0 Å². The van der Waals surface area contributed by atoms with Crippen molar-refractivity contribution in [1.29, 1.82) is 0 Å². The van der Waals surface area contributed by atoms with E-state index in [1.165, 1.54) is 32.1 Å². The van der Waals surface area contributed by atoms with Gasteiger partial charge in [0.25, 0.3) is 0 Å². The first kappa shape index (κ1) is 14.8. The molecule has 1 heterocycles. The zero-order valence-corrected chi connectivity index (χ0v) is 12.2. The minimum absolute atomic E-state index is 0.218. The zero-order valence-electron chi connectivity index (χ0n) is 12.2. The lowest BCUT2D eigenvalue weighted by molar-refractivity contribution is -0.126. The predicted molar refractivity (Wildman–Crippen MR) is 77.8 cm³/mol. The van der Waals surface area contributed by atoms with Crippen molar-refractivity contribution in [3.8, 4) is 0 Å². The molecule has 1 saturated heterocycles. The van der Waals surface area contributed by atoms with Gasteiger partial charge in [-0.15, -0.1) is 0 Å². The highest BCUT2D eigenvalue weighted by atomic mass is 16.1. The van der Waals surface area contributed by atoms with Crippen LogP contribution in [-0.2, 0) is 4.79 Å². The second kappa shape index (κ2) is 7.25. The highest BCUT2D eigenvalue weighted by Crippen LogP contribution is 2.30. The van der Waals surface area contributed by atoms with E-state index in [0.717, 1.165) is 32.5 Å². The van der Waals surface area contributed by atoms with Crippen molar-refractivity contribution in [1.82, 2.24) is 10.2 Å². The first-order valence-electron chi connectivity index (χ1n) is 7.92. The van der Waals surface area contributed by atoms with Gasteiger partial charge in [0.2, 0.25) is 5.91 Å². The number of likely N-dealkylation sites (tertiary alicyclic amines) is 1. The van der Waals surface area contributed by atoms with Crippen LogP contribution >= 0.6 is 0 Å². The number of nitrogens with two attached hydrogens (primary N) is 1. The monoisotopic (exact) mass is 267 g/mol. The lowest BCUT2D eigenvalue weighted by atomic mass is 9.89. The van der Waals surface area contributed by atoms with Crippen molar-refractivity contribution in [2.75, 3.05) is 26.7 Å². The summed E-state index contributed by atoms with van der Waals surface area (Å²) in [5, 5.41) is 2.78. The number of carbonyl (C=O) groups excluding carboxylic acids is 1. The Morgan fingerprint density at radius 3 is 2.47 bits per heavy atom. The largest absolute Gasteiger partial charge is 0.359 e. The number of hydrogen-bond donors (Lipinski definition) is 2. The highest BCUT2D eigenvalue weighted by Gasteiger charge is 2.32. The first-order chi connectivity index (χ1) is 9.26. The molecule has 0 aromatic carbocycles.